The lowest BCUT2D eigenvalue weighted by Crippen LogP contribution is -2.25. The van der Waals surface area contributed by atoms with Gasteiger partial charge in [0.15, 0.2) is 0 Å². The Morgan fingerprint density at radius 2 is 2.09 bits per heavy atom. The summed E-state index contributed by atoms with van der Waals surface area (Å²) in [5.41, 5.74) is 3.47. The van der Waals surface area contributed by atoms with Crippen LogP contribution in [-0.2, 0) is 6.42 Å². The van der Waals surface area contributed by atoms with Crippen LogP contribution in [0.5, 0.6) is 0 Å². The summed E-state index contributed by atoms with van der Waals surface area (Å²) in [6.45, 7) is 4.52. The van der Waals surface area contributed by atoms with Gasteiger partial charge in [-0.1, -0.05) is 11.6 Å². The number of carbonyl (C=O) groups is 1. The molecule has 0 aliphatic carbocycles. The number of nitrogens with zero attached hydrogens (tertiary/aromatic N) is 1. The van der Waals surface area contributed by atoms with Gasteiger partial charge in [0.05, 0.1) is 23.0 Å². The largest absolute Gasteiger partial charge is 0.469 e. The molecule has 118 valence electrons. The number of nitrogens with one attached hydrogen (secondary N) is 1. The van der Waals surface area contributed by atoms with Gasteiger partial charge in [-0.2, -0.15) is 0 Å². The molecular formula is C19H20N2O2. The van der Waals surface area contributed by atoms with Gasteiger partial charge in [0, 0.05) is 18.4 Å². The highest BCUT2D eigenvalue weighted by atomic mass is 16.3. The molecular weight excluding hydrogens is 288 g/mol. The predicted molar refractivity (Wildman–Crippen MR) is 90.6 cm³/mol. The highest BCUT2D eigenvalue weighted by Gasteiger charge is 2.11. The number of hydrogen-bond acceptors (Lipinski definition) is 3. The molecule has 0 spiro atoms. The highest BCUT2D eigenvalue weighted by Crippen LogP contribution is 2.18. The maximum absolute atomic E-state index is 12.4. The molecule has 0 unspecified atom stereocenters. The predicted octanol–water partition coefficient (Wildman–Crippen LogP) is 3.81. The van der Waals surface area contributed by atoms with Gasteiger partial charge in [0.2, 0.25) is 0 Å². The fraction of sp³-hybridized carbons (Fsp3) is 0.263. The Morgan fingerprint density at radius 1 is 1.22 bits per heavy atom. The van der Waals surface area contributed by atoms with Gasteiger partial charge in [-0.15, -0.1) is 0 Å². The van der Waals surface area contributed by atoms with Crippen LogP contribution in [-0.4, -0.2) is 17.4 Å². The van der Waals surface area contributed by atoms with Gasteiger partial charge in [0.1, 0.15) is 5.76 Å². The Labute approximate surface area is 135 Å². The number of benzene rings is 1. The zero-order valence-corrected chi connectivity index (χ0v) is 13.4. The normalized spacial score (nSPS) is 10.9. The maximum atomic E-state index is 12.4. The van der Waals surface area contributed by atoms with Gasteiger partial charge in [-0.05, 0) is 50.6 Å². The Bertz CT molecular complexity index is 823. The molecule has 0 saturated carbocycles. The lowest BCUT2D eigenvalue weighted by Gasteiger charge is -2.09. The molecule has 3 aromatic rings. The number of aromatic nitrogens is 1. The second-order valence-corrected chi connectivity index (χ2v) is 5.76. The van der Waals surface area contributed by atoms with E-state index in [-0.39, 0.29) is 5.91 Å². The van der Waals surface area contributed by atoms with Crippen molar-refractivity contribution in [1.29, 1.82) is 0 Å². The first-order valence-electron chi connectivity index (χ1n) is 7.82. The molecule has 1 aromatic carbocycles. The minimum absolute atomic E-state index is 0.0714. The van der Waals surface area contributed by atoms with E-state index >= 15 is 0 Å². The summed E-state index contributed by atoms with van der Waals surface area (Å²) >= 11 is 0. The first-order chi connectivity index (χ1) is 11.1. The van der Waals surface area contributed by atoms with E-state index in [1.54, 1.807) is 6.26 Å². The minimum Gasteiger partial charge on any atom is -0.469 e. The fourth-order valence-electron chi connectivity index (χ4n) is 2.64. The van der Waals surface area contributed by atoms with Crippen LogP contribution in [0.2, 0.25) is 0 Å². The number of hydrogen-bond donors (Lipinski definition) is 1. The van der Waals surface area contributed by atoms with Crippen molar-refractivity contribution in [3.63, 3.8) is 0 Å². The number of furan rings is 1. The summed E-state index contributed by atoms with van der Waals surface area (Å²) in [4.78, 5) is 16.9. The average Bonchev–Trinajstić information content (AvgIpc) is 3.04. The molecule has 0 radical (unpaired) electrons. The van der Waals surface area contributed by atoms with Crippen molar-refractivity contribution in [2.45, 2.75) is 26.7 Å². The Balaban J connectivity index is 1.66. The molecule has 1 N–H and O–H groups in total. The van der Waals surface area contributed by atoms with Gasteiger partial charge in [0.25, 0.3) is 5.91 Å². The van der Waals surface area contributed by atoms with E-state index in [0.29, 0.717) is 12.1 Å². The third-order valence-corrected chi connectivity index (χ3v) is 3.87. The lowest BCUT2D eigenvalue weighted by atomic mass is 10.1. The number of aryl methyl sites for hydroxylation is 3. The molecule has 0 saturated heterocycles. The van der Waals surface area contributed by atoms with Crippen LogP contribution in [0.4, 0.5) is 0 Å². The molecule has 0 fully saturated rings. The summed E-state index contributed by atoms with van der Waals surface area (Å²) in [7, 11) is 0. The number of amides is 1. The van der Waals surface area contributed by atoms with E-state index in [4.69, 9.17) is 4.42 Å². The van der Waals surface area contributed by atoms with Crippen LogP contribution in [0.15, 0.2) is 47.1 Å². The zero-order valence-electron chi connectivity index (χ0n) is 13.4. The molecule has 0 atom stereocenters. The van der Waals surface area contributed by atoms with Gasteiger partial charge in [-0.25, -0.2) is 0 Å². The molecule has 2 heterocycles. The van der Waals surface area contributed by atoms with Gasteiger partial charge >= 0.3 is 0 Å². The Morgan fingerprint density at radius 3 is 2.87 bits per heavy atom. The highest BCUT2D eigenvalue weighted by molar-refractivity contribution is 5.98. The van der Waals surface area contributed by atoms with Crippen molar-refractivity contribution in [3.8, 4) is 0 Å². The van der Waals surface area contributed by atoms with Crippen LogP contribution in [0.1, 0.15) is 33.8 Å². The molecule has 0 aliphatic rings. The SMILES string of the molecule is Cc1ccc2nc(C)c(C(=O)NCCCc3ccco3)cc2c1. The molecule has 4 heteroatoms. The minimum atomic E-state index is -0.0714. The van der Waals surface area contributed by atoms with Crippen molar-refractivity contribution in [2.24, 2.45) is 0 Å². The number of pyridine rings is 1. The quantitative estimate of drug-likeness (QED) is 0.729. The lowest BCUT2D eigenvalue weighted by molar-refractivity contribution is 0.0952. The number of fused-ring (bicyclic) bond motifs is 1. The molecule has 4 nitrogen and oxygen atoms in total. The Kier molecular flexibility index (Phi) is 4.42. The zero-order chi connectivity index (χ0) is 16.2. The Hall–Kier alpha value is -2.62. The van der Waals surface area contributed by atoms with Gasteiger partial charge < -0.3 is 9.73 Å². The molecule has 0 aliphatic heterocycles. The monoisotopic (exact) mass is 308 g/mol. The summed E-state index contributed by atoms with van der Waals surface area (Å²) in [5.74, 6) is 0.871. The molecule has 0 bridgehead atoms. The van der Waals surface area contributed by atoms with E-state index in [0.717, 1.165) is 40.8 Å². The number of carbonyl (C=O) groups excluding carboxylic acids is 1. The van der Waals surface area contributed by atoms with Crippen molar-refractivity contribution in [1.82, 2.24) is 10.3 Å². The summed E-state index contributed by atoms with van der Waals surface area (Å²) in [6.07, 6.45) is 3.33. The first-order valence-corrected chi connectivity index (χ1v) is 7.82. The van der Waals surface area contributed by atoms with E-state index in [2.05, 4.69) is 16.4 Å². The van der Waals surface area contributed by atoms with Crippen molar-refractivity contribution < 1.29 is 9.21 Å². The average molecular weight is 308 g/mol. The molecule has 3 rings (SSSR count). The van der Waals surface area contributed by atoms with E-state index in [1.165, 1.54) is 0 Å². The third kappa shape index (κ3) is 3.59. The smallest absolute Gasteiger partial charge is 0.253 e. The summed E-state index contributed by atoms with van der Waals surface area (Å²) in [6, 6.07) is 11.8. The van der Waals surface area contributed by atoms with E-state index in [1.807, 2.05) is 44.2 Å². The third-order valence-electron chi connectivity index (χ3n) is 3.87. The molecule has 23 heavy (non-hydrogen) atoms. The van der Waals surface area contributed by atoms with Gasteiger partial charge in [-0.3, -0.25) is 9.78 Å². The molecule has 2 aromatic heterocycles. The van der Waals surface area contributed by atoms with E-state index in [9.17, 15) is 4.79 Å². The van der Waals surface area contributed by atoms with Crippen LogP contribution < -0.4 is 5.32 Å². The summed E-state index contributed by atoms with van der Waals surface area (Å²) in [5, 5.41) is 3.96. The van der Waals surface area contributed by atoms with Crippen molar-refractivity contribution in [3.05, 3.63) is 65.2 Å². The van der Waals surface area contributed by atoms with Crippen molar-refractivity contribution in [2.75, 3.05) is 6.54 Å². The second kappa shape index (κ2) is 6.65. The fourth-order valence-corrected chi connectivity index (χ4v) is 2.64. The van der Waals surface area contributed by atoms with Crippen LogP contribution in [0.3, 0.4) is 0 Å². The van der Waals surface area contributed by atoms with Crippen molar-refractivity contribution >= 4 is 16.8 Å². The second-order valence-electron chi connectivity index (χ2n) is 5.76. The first kappa shape index (κ1) is 15.3. The van der Waals surface area contributed by atoms with Crippen LogP contribution >= 0.6 is 0 Å². The van der Waals surface area contributed by atoms with E-state index < -0.39 is 0 Å². The maximum Gasteiger partial charge on any atom is 0.253 e. The topological polar surface area (TPSA) is 55.1 Å². The standard InChI is InChI=1S/C19H20N2O2/c1-13-7-8-18-15(11-13)12-17(14(2)21-18)19(22)20-9-3-5-16-6-4-10-23-16/h4,6-8,10-12H,3,5,9H2,1-2H3,(H,20,22). The van der Waals surface area contributed by atoms with Crippen LogP contribution in [0, 0.1) is 13.8 Å². The van der Waals surface area contributed by atoms with Crippen LogP contribution in [0.25, 0.3) is 10.9 Å². The number of rotatable bonds is 5. The molecule has 1 amide bonds. The summed E-state index contributed by atoms with van der Waals surface area (Å²) < 4.78 is 5.28.